The maximum Gasteiger partial charge on any atom is 0.271 e. The molecule has 0 radical (unpaired) electrons. The van der Waals surface area contributed by atoms with Crippen molar-refractivity contribution in [3.05, 3.63) is 51.3 Å². The summed E-state index contributed by atoms with van der Waals surface area (Å²) in [6, 6.07) is 8.00. The van der Waals surface area contributed by atoms with Gasteiger partial charge in [0.25, 0.3) is 5.56 Å². The highest BCUT2D eigenvalue weighted by Gasteiger charge is 2.09. The molecule has 0 aliphatic carbocycles. The lowest BCUT2D eigenvalue weighted by molar-refractivity contribution is 0.610. The Hall–Kier alpha value is -1.94. The number of aromatic nitrogens is 2. The van der Waals surface area contributed by atoms with E-state index in [1.54, 1.807) is 6.07 Å². The SMILES string of the molecule is CCn1nc(-c2ccc(C)cc2C)cc(CN)c1=O. The third-order valence-corrected chi connectivity index (χ3v) is 3.23. The van der Waals surface area contributed by atoms with E-state index in [-0.39, 0.29) is 12.1 Å². The minimum Gasteiger partial charge on any atom is -0.326 e. The molecule has 0 spiro atoms. The second kappa shape index (κ2) is 5.36. The molecule has 1 aromatic heterocycles. The molecule has 100 valence electrons. The number of hydrogen-bond acceptors (Lipinski definition) is 3. The first-order valence-electron chi connectivity index (χ1n) is 6.45. The lowest BCUT2D eigenvalue weighted by Gasteiger charge is -2.10. The first-order chi connectivity index (χ1) is 9.06. The second-order valence-corrected chi connectivity index (χ2v) is 4.70. The molecule has 19 heavy (non-hydrogen) atoms. The van der Waals surface area contributed by atoms with Gasteiger partial charge in [0.1, 0.15) is 0 Å². The number of rotatable bonds is 3. The minimum absolute atomic E-state index is 0.0986. The van der Waals surface area contributed by atoms with Crippen LogP contribution in [0.15, 0.2) is 29.1 Å². The molecule has 1 aromatic carbocycles. The van der Waals surface area contributed by atoms with Gasteiger partial charge in [-0.25, -0.2) is 4.68 Å². The van der Waals surface area contributed by atoms with Crippen molar-refractivity contribution in [1.29, 1.82) is 0 Å². The van der Waals surface area contributed by atoms with Crippen LogP contribution in [0.2, 0.25) is 0 Å². The summed E-state index contributed by atoms with van der Waals surface area (Å²) in [7, 11) is 0. The Bertz CT molecular complexity index is 631. The van der Waals surface area contributed by atoms with E-state index in [9.17, 15) is 4.79 Å². The van der Waals surface area contributed by atoms with Crippen LogP contribution in [0.1, 0.15) is 23.6 Å². The van der Waals surface area contributed by atoms with Gasteiger partial charge in [0.05, 0.1) is 5.69 Å². The summed E-state index contributed by atoms with van der Waals surface area (Å²) in [6.45, 7) is 6.79. The maximum absolute atomic E-state index is 12.0. The minimum atomic E-state index is -0.0986. The summed E-state index contributed by atoms with van der Waals surface area (Å²) in [5.41, 5.74) is 10.4. The van der Waals surface area contributed by atoms with Gasteiger partial charge >= 0.3 is 0 Å². The van der Waals surface area contributed by atoms with Crippen molar-refractivity contribution in [3.63, 3.8) is 0 Å². The van der Waals surface area contributed by atoms with Crippen LogP contribution in [0, 0.1) is 13.8 Å². The fourth-order valence-corrected chi connectivity index (χ4v) is 2.19. The van der Waals surface area contributed by atoms with E-state index in [1.165, 1.54) is 10.2 Å². The average molecular weight is 257 g/mol. The second-order valence-electron chi connectivity index (χ2n) is 4.70. The highest BCUT2D eigenvalue weighted by Crippen LogP contribution is 2.22. The van der Waals surface area contributed by atoms with Crippen LogP contribution in [-0.4, -0.2) is 9.78 Å². The lowest BCUT2D eigenvalue weighted by atomic mass is 10.0. The summed E-state index contributed by atoms with van der Waals surface area (Å²) >= 11 is 0. The van der Waals surface area contributed by atoms with Gasteiger partial charge in [-0.3, -0.25) is 4.79 Å². The van der Waals surface area contributed by atoms with Crippen molar-refractivity contribution in [1.82, 2.24) is 9.78 Å². The van der Waals surface area contributed by atoms with Crippen LogP contribution in [0.4, 0.5) is 0 Å². The Kier molecular flexibility index (Phi) is 3.81. The molecule has 2 rings (SSSR count). The van der Waals surface area contributed by atoms with E-state index in [2.05, 4.69) is 18.1 Å². The Balaban J connectivity index is 2.65. The average Bonchev–Trinajstić information content (AvgIpc) is 2.39. The summed E-state index contributed by atoms with van der Waals surface area (Å²) < 4.78 is 1.47. The molecule has 1 heterocycles. The molecule has 0 unspecified atom stereocenters. The molecule has 4 heteroatoms. The number of nitrogens with two attached hydrogens (primary N) is 1. The van der Waals surface area contributed by atoms with Crippen molar-refractivity contribution in [3.8, 4) is 11.3 Å². The Morgan fingerprint density at radius 3 is 2.58 bits per heavy atom. The van der Waals surface area contributed by atoms with E-state index in [0.717, 1.165) is 16.8 Å². The van der Waals surface area contributed by atoms with E-state index in [1.807, 2.05) is 26.0 Å². The van der Waals surface area contributed by atoms with Crippen LogP contribution in [0.5, 0.6) is 0 Å². The normalized spacial score (nSPS) is 10.7. The summed E-state index contributed by atoms with van der Waals surface area (Å²) in [6.07, 6.45) is 0. The fraction of sp³-hybridized carbons (Fsp3) is 0.333. The number of benzene rings is 1. The first kappa shape index (κ1) is 13.5. The topological polar surface area (TPSA) is 60.9 Å². The molecule has 0 saturated carbocycles. The molecule has 0 bridgehead atoms. The molecule has 2 N–H and O–H groups in total. The number of hydrogen-bond donors (Lipinski definition) is 1. The Labute approximate surface area is 112 Å². The maximum atomic E-state index is 12.0. The molecular weight excluding hydrogens is 238 g/mol. The predicted molar refractivity (Wildman–Crippen MR) is 77.0 cm³/mol. The third kappa shape index (κ3) is 2.58. The van der Waals surface area contributed by atoms with Gasteiger partial charge in [0.2, 0.25) is 0 Å². The van der Waals surface area contributed by atoms with Crippen molar-refractivity contribution in [2.45, 2.75) is 33.9 Å². The molecule has 0 aliphatic rings. The Morgan fingerprint density at radius 2 is 2.00 bits per heavy atom. The van der Waals surface area contributed by atoms with E-state index < -0.39 is 0 Å². The van der Waals surface area contributed by atoms with Gasteiger partial charge < -0.3 is 5.73 Å². The zero-order valence-electron chi connectivity index (χ0n) is 11.6. The van der Waals surface area contributed by atoms with Gasteiger partial charge in [-0.15, -0.1) is 0 Å². The molecule has 0 atom stereocenters. The number of aryl methyl sites for hydroxylation is 3. The molecule has 0 fully saturated rings. The first-order valence-corrected chi connectivity index (χ1v) is 6.45. The lowest BCUT2D eigenvalue weighted by Crippen LogP contribution is -2.27. The molecular formula is C15H19N3O. The van der Waals surface area contributed by atoms with Crippen LogP contribution >= 0.6 is 0 Å². The predicted octanol–water partition coefficient (Wildman–Crippen LogP) is 2.01. The van der Waals surface area contributed by atoms with Gasteiger partial charge in [0.15, 0.2) is 0 Å². The number of nitrogens with zero attached hydrogens (tertiary/aromatic N) is 2. The quantitative estimate of drug-likeness (QED) is 0.915. The molecule has 4 nitrogen and oxygen atoms in total. The van der Waals surface area contributed by atoms with Gasteiger partial charge in [-0.1, -0.05) is 23.8 Å². The van der Waals surface area contributed by atoms with Crippen LogP contribution in [0.3, 0.4) is 0 Å². The van der Waals surface area contributed by atoms with Gasteiger partial charge in [-0.2, -0.15) is 5.10 Å². The zero-order chi connectivity index (χ0) is 14.0. The molecule has 0 saturated heterocycles. The van der Waals surface area contributed by atoms with Crippen LogP contribution < -0.4 is 11.3 Å². The van der Waals surface area contributed by atoms with E-state index in [4.69, 9.17) is 5.73 Å². The highest BCUT2D eigenvalue weighted by atomic mass is 16.1. The van der Waals surface area contributed by atoms with Crippen molar-refractivity contribution in [2.75, 3.05) is 0 Å². The monoisotopic (exact) mass is 257 g/mol. The van der Waals surface area contributed by atoms with Crippen molar-refractivity contribution >= 4 is 0 Å². The Morgan fingerprint density at radius 1 is 1.26 bits per heavy atom. The molecule has 0 aliphatic heterocycles. The summed E-state index contributed by atoms with van der Waals surface area (Å²) in [5.74, 6) is 0. The van der Waals surface area contributed by atoms with Gasteiger partial charge in [0, 0.05) is 24.2 Å². The van der Waals surface area contributed by atoms with E-state index in [0.29, 0.717) is 12.1 Å². The van der Waals surface area contributed by atoms with Crippen molar-refractivity contribution in [2.24, 2.45) is 5.73 Å². The fourth-order valence-electron chi connectivity index (χ4n) is 2.19. The smallest absolute Gasteiger partial charge is 0.271 e. The van der Waals surface area contributed by atoms with Crippen LogP contribution in [-0.2, 0) is 13.1 Å². The molecule has 0 amide bonds. The molecule has 2 aromatic rings. The van der Waals surface area contributed by atoms with Crippen molar-refractivity contribution < 1.29 is 0 Å². The summed E-state index contributed by atoms with van der Waals surface area (Å²) in [4.78, 5) is 12.0. The van der Waals surface area contributed by atoms with E-state index >= 15 is 0 Å². The largest absolute Gasteiger partial charge is 0.326 e. The third-order valence-electron chi connectivity index (χ3n) is 3.23. The zero-order valence-corrected chi connectivity index (χ0v) is 11.6. The van der Waals surface area contributed by atoms with Gasteiger partial charge in [-0.05, 0) is 32.4 Å². The standard InChI is InChI=1S/C15H19N3O/c1-4-18-15(19)12(9-16)8-14(17-18)13-6-5-10(2)7-11(13)3/h5-8H,4,9,16H2,1-3H3. The summed E-state index contributed by atoms with van der Waals surface area (Å²) in [5, 5.41) is 4.41. The highest BCUT2D eigenvalue weighted by molar-refractivity contribution is 5.64. The van der Waals surface area contributed by atoms with Crippen LogP contribution in [0.25, 0.3) is 11.3 Å².